The van der Waals surface area contributed by atoms with Gasteiger partial charge in [-0.25, -0.2) is 0 Å². The summed E-state index contributed by atoms with van der Waals surface area (Å²) in [6.07, 6.45) is 4.21. The van der Waals surface area contributed by atoms with Gasteiger partial charge in [-0.1, -0.05) is 24.9 Å². The van der Waals surface area contributed by atoms with Gasteiger partial charge in [0.25, 0.3) is 0 Å². The molecule has 1 aromatic heterocycles. The second-order valence-electron chi connectivity index (χ2n) is 4.03. The van der Waals surface area contributed by atoms with Crippen LogP contribution in [0.2, 0.25) is 4.34 Å². The number of hydrogen-bond donors (Lipinski definition) is 1. The Morgan fingerprint density at radius 3 is 3.00 bits per heavy atom. The van der Waals surface area contributed by atoms with Crippen LogP contribution in [-0.4, -0.2) is 5.11 Å². The minimum Gasteiger partial charge on any atom is -0.384 e. The zero-order valence-corrected chi connectivity index (χ0v) is 9.87. The Morgan fingerprint density at radius 1 is 1.64 bits per heavy atom. The first-order valence-corrected chi connectivity index (χ1v) is 6.34. The van der Waals surface area contributed by atoms with E-state index in [0.717, 1.165) is 34.9 Å². The van der Waals surface area contributed by atoms with Crippen molar-refractivity contribution in [3.05, 3.63) is 21.3 Å². The average molecular weight is 231 g/mol. The summed E-state index contributed by atoms with van der Waals surface area (Å²) < 4.78 is 0.773. The molecule has 2 unspecified atom stereocenters. The lowest BCUT2D eigenvalue weighted by Gasteiger charge is -2.28. The van der Waals surface area contributed by atoms with Crippen molar-refractivity contribution in [3.8, 4) is 0 Å². The third-order valence-corrected chi connectivity index (χ3v) is 4.68. The van der Waals surface area contributed by atoms with Crippen LogP contribution in [-0.2, 0) is 5.60 Å². The fraction of sp³-hybridized carbons (Fsp3) is 0.636. The van der Waals surface area contributed by atoms with Gasteiger partial charge in [-0.05, 0) is 37.3 Å². The van der Waals surface area contributed by atoms with Crippen molar-refractivity contribution in [1.82, 2.24) is 0 Å². The van der Waals surface area contributed by atoms with Crippen molar-refractivity contribution in [2.45, 2.75) is 38.2 Å². The number of thiophene rings is 1. The molecular formula is C11H15ClOS. The van der Waals surface area contributed by atoms with Gasteiger partial charge in [0.05, 0.1) is 4.34 Å². The van der Waals surface area contributed by atoms with Crippen molar-refractivity contribution >= 4 is 22.9 Å². The van der Waals surface area contributed by atoms with E-state index < -0.39 is 5.60 Å². The van der Waals surface area contributed by atoms with Gasteiger partial charge in [0.1, 0.15) is 5.60 Å². The van der Waals surface area contributed by atoms with Gasteiger partial charge in [0.15, 0.2) is 0 Å². The molecule has 2 rings (SSSR count). The normalized spacial score (nSPS) is 32.4. The highest BCUT2D eigenvalue weighted by atomic mass is 35.5. The van der Waals surface area contributed by atoms with E-state index in [0.29, 0.717) is 5.92 Å². The van der Waals surface area contributed by atoms with Gasteiger partial charge in [0.2, 0.25) is 0 Å². The molecule has 2 atom stereocenters. The summed E-state index contributed by atoms with van der Waals surface area (Å²) in [5.41, 5.74) is -0.591. The first kappa shape index (κ1) is 10.5. The maximum atomic E-state index is 10.6. The van der Waals surface area contributed by atoms with Crippen LogP contribution in [0.3, 0.4) is 0 Å². The van der Waals surface area contributed by atoms with Gasteiger partial charge in [0, 0.05) is 4.88 Å². The largest absolute Gasteiger partial charge is 0.384 e. The van der Waals surface area contributed by atoms with Crippen LogP contribution in [0, 0.1) is 5.92 Å². The molecule has 0 bridgehead atoms. The van der Waals surface area contributed by atoms with E-state index in [1.165, 1.54) is 11.3 Å². The highest BCUT2D eigenvalue weighted by Crippen LogP contribution is 2.47. The van der Waals surface area contributed by atoms with Crippen LogP contribution in [0.5, 0.6) is 0 Å². The number of rotatable bonds is 2. The van der Waals surface area contributed by atoms with Gasteiger partial charge in [-0.3, -0.25) is 0 Å². The Labute approximate surface area is 93.7 Å². The SMILES string of the molecule is CCC1CCCC1(O)c1ccc(Cl)s1. The summed E-state index contributed by atoms with van der Waals surface area (Å²) in [5, 5.41) is 10.6. The van der Waals surface area contributed by atoms with Crippen molar-refractivity contribution in [2.75, 3.05) is 0 Å². The quantitative estimate of drug-likeness (QED) is 0.820. The smallest absolute Gasteiger partial charge is 0.102 e. The fourth-order valence-electron chi connectivity index (χ4n) is 2.47. The second kappa shape index (κ2) is 3.84. The van der Waals surface area contributed by atoms with Crippen molar-refractivity contribution in [1.29, 1.82) is 0 Å². The van der Waals surface area contributed by atoms with Crippen molar-refractivity contribution in [3.63, 3.8) is 0 Å². The van der Waals surface area contributed by atoms with E-state index in [1.54, 1.807) is 0 Å². The lowest BCUT2D eigenvalue weighted by Crippen LogP contribution is -2.28. The van der Waals surface area contributed by atoms with Gasteiger partial charge in [-0.15, -0.1) is 11.3 Å². The van der Waals surface area contributed by atoms with E-state index >= 15 is 0 Å². The average Bonchev–Trinajstić information content (AvgIpc) is 2.72. The Kier molecular flexibility index (Phi) is 2.87. The first-order valence-electron chi connectivity index (χ1n) is 5.15. The number of halogens is 1. The summed E-state index contributed by atoms with van der Waals surface area (Å²) in [4.78, 5) is 1.05. The molecule has 0 aliphatic heterocycles. The molecule has 0 saturated heterocycles. The number of aliphatic hydroxyl groups is 1. The van der Waals surface area contributed by atoms with Crippen LogP contribution in [0.1, 0.15) is 37.5 Å². The standard InChI is InChI=1S/C11H15ClOS/c1-2-8-4-3-7-11(8,13)9-5-6-10(12)14-9/h5-6,8,13H,2-4,7H2,1H3. The maximum absolute atomic E-state index is 10.6. The zero-order chi connectivity index (χ0) is 10.2. The Morgan fingerprint density at radius 2 is 2.43 bits per heavy atom. The van der Waals surface area contributed by atoms with E-state index in [2.05, 4.69) is 6.92 Å². The third kappa shape index (κ3) is 1.60. The topological polar surface area (TPSA) is 20.2 Å². The molecule has 1 saturated carbocycles. The summed E-state index contributed by atoms with van der Waals surface area (Å²) in [5.74, 6) is 0.414. The van der Waals surface area contributed by atoms with Crippen molar-refractivity contribution < 1.29 is 5.11 Å². The van der Waals surface area contributed by atoms with E-state index in [1.807, 2.05) is 12.1 Å². The molecule has 78 valence electrons. The predicted octanol–water partition coefficient (Wildman–Crippen LogP) is 3.80. The van der Waals surface area contributed by atoms with E-state index in [9.17, 15) is 5.11 Å². The molecule has 1 heterocycles. The van der Waals surface area contributed by atoms with Gasteiger partial charge in [-0.2, -0.15) is 0 Å². The second-order valence-corrected chi connectivity index (χ2v) is 5.74. The van der Waals surface area contributed by atoms with Crippen LogP contribution < -0.4 is 0 Å². The molecule has 0 aromatic carbocycles. The minimum atomic E-state index is -0.591. The summed E-state index contributed by atoms with van der Waals surface area (Å²) in [6.45, 7) is 2.15. The molecule has 0 amide bonds. The Balaban J connectivity index is 2.31. The molecule has 14 heavy (non-hydrogen) atoms. The molecular weight excluding hydrogens is 216 g/mol. The summed E-state index contributed by atoms with van der Waals surface area (Å²) >= 11 is 7.42. The third-order valence-electron chi connectivity index (χ3n) is 3.28. The van der Waals surface area contributed by atoms with Crippen LogP contribution in [0.4, 0.5) is 0 Å². The van der Waals surface area contributed by atoms with Crippen molar-refractivity contribution in [2.24, 2.45) is 5.92 Å². The molecule has 1 nitrogen and oxygen atoms in total. The molecule has 1 aliphatic carbocycles. The zero-order valence-electron chi connectivity index (χ0n) is 8.29. The minimum absolute atomic E-state index is 0.414. The molecule has 1 fully saturated rings. The lowest BCUT2D eigenvalue weighted by atomic mass is 9.87. The Bertz CT molecular complexity index is 323. The van der Waals surface area contributed by atoms with Gasteiger partial charge < -0.3 is 5.11 Å². The maximum Gasteiger partial charge on any atom is 0.102 e. The molecule has 0 radical (unpaired) electrons. The predicted molar refractivity (Wildman–Crippen MR) is 60.9 cm³/mol. The molecule has 0 spiro atoms. The van der Waals surface area contributed by atoms with Crippen LogP contribution in [0.25, 0.3) is 0 Å². The molecule has 1 aliphatic rings. The molecule has 1 aromatic rings. The fourth-order valence-corrected chi connectivity index (χ4v) is 3.71. The summed E-state index contributed by atoms with van der Waals surface area (Å²) in [7, 11) is 0. The monoisotopic (exact) mass is 230 g/mol. The number of hydrogen-bond acceptors (Lipinski definition) is 2. The first-order chi connectivity index (χ1) is 6.66. The Hall–Kier alpha value is -0.0500. The molecule has 3 heteroatoms. The highest BCUT2D eigenvalue weighted by Gasteiger charge is 2.42. The lowest BCUT2D eigenvalue weighted by molar-refractivity contribution is -0.000341. The van der Waals surface area contributed by atoms with Crippen LogP contribution in [0.15, 0.2) is 12.1 Å². The van der Waals surface area contributed by atoms with E-state index in [4.69, 9.17) is 11.6 Å². The van der Waals surface area contributed by atoms with E-state index in [-0.39, 0.29) is 0 Å². The summed E-state index contributed by atoms with van der Waals surface area (Å²) in [6, 6.07) is 3.85. The highest BCUT2D eigenvalue weighted by molar-refractivity contribution is 7.16. The van der Waals surface area contributed by atoms with Crippen LogP contribution >= 0.6 is 22.9 Å². The van der Waals surface area contributed by atoms with Gasteiger partial charge >= 0.3 is 0 Å². The molecule has 1 N–H and O–H groups in total.